The second-order valence-corrected chi connectivity index (χ2v) is 5.19. The highest BCUT2D eigenvalue weighted by Crippen LogP contribution is 2.30. The average Bonchev–Trinajstić information content (AvgIpc) is 2.32. The van der Waals surface area contributed by atoms with Crippen LogP contribution in [0.2, 0.25) is 15.2 Å². The van der Waals surface area contributed by atoms with Gasteiger partial charge in [-0.05, 0) is 31.5 Å². The molecule has 0 bridgehead atoms. The standard InChI is InChI=1S/C13H12Cl3N3/c1-3-9-12(16)17-7(2)18-13(9)19-11-5-4-8(14)6-10(11)15/h4-6H,3H2,1-2H3,(H,17,18,19). The highest BCUT2D eigenvalue weighted by Gasteiger charge is 2.11. The van der Waals surface area contributed by atoms with Gasteiger partial charge in [-0.3, -0.25) is 0 Å². The van der Waals surface area contributed by atoms with Crippen LogP contribution in [0, 0.1) is 6.92 Å². The molecule has 0 saturated heterocycles. The minimum absolute atomic E-state index is 0.461. The van der Waals surface area contributed by atoms with E-state index in [1.54, 1.807) is 25.1 Å². The zero-order chi connectivity index (χ0) is 14.0. The number of nitrogens with zero attached hydrogens (tertiary/aromatic N) is 2. The molecule has 3 nitrogen and oxygen atoms in total. The molecule has 0 unspecified atom stereocenters. The minimum Gasteiger partial charge on any atom is -0.339 e. The molecule has 0 spiro atoms. The fraction of sp³-hybridized carbons (Fsp3) is 0.231. The van der Waals surface area contributed by atoms with Crippen LogP contribution in [0.3, 0.4) is 0 Å². The number of hydrogen-bond donors (Lipinski definition) is 1. The van der Waals surface area contributed by atoms with Crippen LogP contribution < -0.4 is 5.32 Å². The zero-order valence-corrected chi connectivity index (χ0v) is 12.7. The molecule has 2 rings (SSSR count). The summed E-state index contributed by atoms with van der Waals surface area (Å²) in [6, 6.07) is 5.24. The van der Waals surface area contributed by atoms with E-state index in [2.05, 4.69) is 15.3 Å². The number of hydrogen-bond acceptors (Lipinski definition) is 3. The molecule has 0 amide bonds. The van der Waals surface area contributed by atoms with Gasteiger partial charge in [-0.2, -0.15) is 0 Å². The SMILES string of the molecule is CCc1c(Cl)nc(C)nc1Nc1ccc(Cl)cc1Cl. The van der Waals surface area contributed by atoms with Crippen molar-refractivity contribution in [3.63, 3.8) is 0 Å². The smallest absolute Gasteiger partial charge is 0.138 e. The van der Waals surface area contributed by atoms with E-state index in [-0.39, 0.29) is 0 Å². The Balaban J connectivity index is 2.42. The van der Waals surface area contributed by atoms with Crippen molar-refractivity contribution in [2.75, 3.05) is 5.32 Å². The van der Waals surface area contributed by atoms with Crippen LogP contribution >= 0.6 is 34.8 Å². The van der Waals surface area contributed by atoms with Crippen molar-refractivity contribution in [3.8, 4) is 0 Å². The minimum atomic E-state index is 0.461. The molecule has 19 heavy (non-hydrogen) atoms. The van der Waals surface area contributed by atoms with Crippen molar-refractivity contribution in [2.24, 2.45) is 0 Å². The van der Waals surface area contributed by atoms with Crippen molar-refractivity contribution in [1.29, 1.82) is 0 Å². The molecule has 0 aliphatic rings. The molecule has 0 fully saturated rings. The summed E-state index contributed by atoms with van der Waals surface area (Å²) in [5, 5.41) is 4.75. The monoisotopic (exact) mass is 315 g/mol. The Morgan fingerprint density at radius 3 is 2.53 bits per heavy atom. The number of halogens is 3. The lowest BCUT2D eigenvalue weighted by atomic mass is 10.2. The Morgan fingerprint density at radius 1 is 1.16 bits per heavy atom. The van der Waals surface area contributed by atoms with Gasteiger partial charge in [-0.15, -0.1) is 0 Å². The summed E-state index contributed by atoms with van der Waals surface area (Å²) in [4.78, 5) is 8.51. The van der Waals surface area contributed by atoms with Crippen molar-refractivity contribution >= 4 is 46.3 Å². The Bertz CT molecular complexity index is 614. The average molecular weight is 317 g/mol. The number of nitrogens with one attached hydrogen (secondary N) is 1. The lowest BCUT2D eigenvalue weighted by molar-refractivity contribution is 0.996. The van der Waals surface area contributed by atoms with Gasteiger partial charge < -0.3 is 5.32 Å². The maximum atomic E-state index is 6.13. The van der Waals surface area contributed by atoms with Crippen molar-refractivity contribution in [2.45, 2.75) is 20.3 Å². The highest BCUT2D eigenvalue weighted by atomic mass is 35.5. The zero-order valence-electron chi connectivity index (χ0n) is 10.5. The first-order valence-corrected chi connectivity index (χ1v) is 6.89. The van der Waals surface area contributed by atoms with E-state index in [1.807, 2.05) is 6.92 Å². The molecule has 0 aliphatic heterocycles. The van der Waals surface area contributed by atoms with E-state index in [9.17, 15) is 0 Å². The number of aromatic nitrogens is 2. The highest BCUT2D eigenvalue weighted by molar-refractivity contribution is 6.36. The summed E-state index contributed by atoms with van der Waals surface area (Å²) < 4.78 is 0. The maximum Gasteiger partial charge on any atom is 0.138 e. The second kappa shape index (κ2) is 5.95. The van der Waals surface area contributed by atoms with E-state index < -0.39 is 0 Å². The second-order valence-electron chi connectivity index (χ2n) is 3.99. The predicted molar refractivity (Wildman–Crippen MR) is 80.9 cm³/mol. The van der Waals surface area contributed by atoms with E-state index >= 15 is 0 Å². The molecule has 0 radical (unpaired) electrons. The van der Waals surface area contributed by atoms with Crippen LogP contribution in [0.15, 0.2) is 18.2 Å². The third-order valence-corrected chi connectivity index (χ3v) is 3.47. The van der Waals surface area contributed by atoms with Gasteiger partial charge in [0.25, 0.3) is 0 Å². The molecular weight excluding hydrogens is 305 g/mol. The summed E-state index contributed by atoms with van der Waals surface area (Å²) in [7, 11) is 0. The topological polar surface area (TPSA) is 37.8 Å². The molecule has 100 valence electrons. The van der Waals surface area contributed by atoms with Crippen LogP contribution in [-0.2, 0) is 6.42 Å². The summed E-state index contributed by atoms with van der Waals surface area (Å²) in [6.45, 7) is 3.79. The van der Waals surface area contributed by atoms with Crippen LogP contribution in [-0.4, -0.2) is 9.97 Å². The largest absolute Gasteiger partial charge is 0.339 e. The van der Waals surface area contributed by atoms with Crippen LogP contribution in [0.4, 0.5) is 11.5 Å². The molecular formula is C13H12Cl3N3. The fourth-order valence-corrected chi connectivity index (χ4v) is 2.50. The quantitative estimate of drug-likeness (QED) is 0.805. The fourth-order valence-electron chi connectivity index (χ4n) is 1.70. The van der Waals surface area contributed by atoms with Gasteiger partial charge >= 0.3 is 0 Å². The number of rotatable bonds is 3. The first-order chi connectivity index (χ1) is 9.01. The molecule has 1 N–H and O–H groups in total. The van der Waals surface area contributed by atoms with E-state index in [0.717, 1.165) is 17.7 Å². The lowest BCUT2D eigenvalue weighted by Crippen LogP contribution is -2.03. The molecule has 0 atom stereocenters. The lowest BCUT2D eigenvalue weighted by Gasteiger charge is -2.13. The molecule has 1 aromatic heterocycles. The van der Waals surface area contributed by atoms with Gasteiger partial charge in [-0.25, -0.2) is 9.97 Å². The Morgan fingerprint density at radius 2 is 1.89 bits per heavy atom. The predicted octanol–water partition coefficient (Wildman–Crippen LogP) is 5.05. The number of aryl methyl sites for hydroxylation is 1. The van der Waals surface area contributed by atoms with Crippen molar-refractivity contribution < 1.29 is 0 Å². The summed E-state index contributed by atoms with van der Waals surface area (Å²) in [5.74, 6) is 1.28. The maximum absolute atomic E-state index is 6.13. The van der Waals surface area contributed by atoms with E-state index in [4.69, 9.17) is 34.8 Å². The molecule has 1 aromatic carbocycles. The van der Waals surface area contributed by atoms with Gasteiger partial charge in [-0.1, -0.05) is 41.7 Å². The molecule has 6 heteroatoms. The number of benzene rings is 1. The van der Waals surface area contributed by atoms with Gasteiger partial charge in [0, 0.05) is 10.6 Å². The van der Waals surface area contributed by atoms with Crippen molar-refractivity contribution in [1.82, 2.24) is 9.97 Å². The van der Waals surface area contributed by atoms with Gasteiger partial charge in [0.15, 0.2) is 0 Å². The Hall–Kier alpha value is -1.03. The normalized spacial score (nSPS) is 10.6. The third kappa shape index (κ3) is 3.30. The van der Waals surface area contributed by atoms with Gasteiger partial charge in [0.1, 0.15) is 16.8 Å². The van der Waals surface area contributed by atoms with Crippen LogP contribution in [0.25, 0.3) is 0 Å². The molecule has 2 aromatic rings. The first kappa shape index (κ1) is 14.4. The first-order valence-electron chi connectivity index (χ1n) is 5.76. The Labute approximate surface area is 126 Å². The van der Waals surface area contributed by atoms with Crippen molar-refractivity contribution in [3.05, 3.63) is 44.8 Å². The molecule has 0 saturated carbocycles. The summed E-state index contributed by atoms with van der Waals surface area (Å²) >= 11 is 18.1. The summed E-state index contributed by atoms with van der Waals surface area (Å²) in [5.41, 5.74) is 1.59. The van der Waals surface area contributed by atoms with Crippen LogP contribution in [0.1, 0.15) is 18.3 Å². The third-order valence-electron chi connectivity index (χ3n) is 2.61. The molecule has 1 heterocycles. The van der Waals surface area contributed by atoms with Gasteiger partial charge in [0.2, 0.25) is 0 Å². The number of anilines is 2. The van der Waals surface area contributed by atoms with E-state index in [0.29, 0.717) is 26.8 Å². The molecule has 0 aliphatic carbocycles. The Kier molecular flexibility index (Phi) is 4.50. The van der Waals surface area contributed by atoms with Gasteiger partial charge in [0.05, 0.1) is 10.7 Å². The van der Waals surface area contributed by atoms with Crippen LogP contribution in [0.5, 0.6) is 0 Å². The summed E-state index contributed by atoms with van der Waals surface area (Å²) in [6.07, 6.45) is 0.729. The van der Waals surface area contributed by atoms with E-state index in [1.165, 1.54) is 0 Å².